The molecule has 8 heteroatoms. The van der Waals surface area contributed by atoms with Crippen LogP contribution in [0, 0.1) is 6.92 Å². The smallest absolute Gasteiger partial charge is 0.341 e. The quantitative estimate of drug-likeness (QED) is 0.679. The normalized spacial score (nSPS) is 13.2. The summed E-state index contributed by atoms with van der Waals surface area (Å²) in [6.45, 7) is 1.35. The van der Waals surface area contributed by atoms with E-state index in [2.05, 4.69) is 10.5 Å². The van der Waals surface area contributed by atoms with E-state index in [0.717, 1.165) is 36.2 Å². The summed E-state index contributed by atoms with van der Waals surface area (Å²) < 4.78 is 12.1. The summed E-state index contributed by atoms with van der Waals surface area (Å²) in [5.74, 6) is -0.0362. The standard InChI is InChI=1S/C19H19N3O4S/c1-12-10-15(21-26-12)20-16(23)11-25-19(24)17-13-6-2-3-7-14(13)27-18(17)22-8-4-5-9-22/h4-5,8-10H,2-3,6-7,11H2,1H3,(H,20,21,23). The average Bonchev–Trinajstić information content (AvgIpc) is 3.38. The molecule has 0 saturated carbocycles. The van der Waals surface area contributed by atoms with Gasteiger partial charge in [-0.15, -0.1) is 11.3 Å². The molecule has 1 N–H and O–H groups in total. The first-order chi connectivity index (χ1) is 13.1. The zero-order chi connectivity index (χ0) is 18.8. The fraction of sp³-hybridized carbons (Fsp3) is 0.316. The van der Waals surface area contributed by atoms with Crippen LogP contribution in [-0.2, 0) is 22.4 Å². The molecule has 1 amide bonds. The molecule has 0 spiro atoms. The van der Waals surface area contributed by atoms with Crippen molar-refractivity contribution in [1.82, 2.24) is 9.72 Å². The van der Waals surface area contributed by atoms with Crippen LogP contribution in [0.2, 0.25) is 0 Å². The lowest BCUT2D eigenvalue weighted by molar-refractivity contribution is -0.119. The van der Waals surface area contributed by atoms with Crippen molar-refractivity contribution in [1.29, 1.82) is 0 Å². The number of nitrogens with one attached hydrogen (secondary N) is 1. The van der Waals surface area contributed by atoms with Gasteiger partial charge in [-0.2, -0.15) is 0 Å². The van der Waals surface area contributed by atoms with Crippen LogP contribution < -0.4 is 5.32 Å². The first-order valence-electron chi connectivity index (χ1n) is 8.80. The van der Waals surface area contributed by atoms with Gasteiger partial charge in [-0.3, -0.25) is 4.79 Å². The number of nitrogens with zero attached hydrogens (tertiary/aromatic N) is 2. The molecule has 3 aromatic rings. The van der Waals surface area contributed by atoms with Crippen molar-refractivity contribution in [2.45, 2.75) is 32.6 Å². The van der Waals surface area contributed by atoms with Crippen molar-refractivity contribution in [3.05, 3.63) is 52.4 Å². The number of ether oxygens (including phenoxy) is 1. The minimum atomic E-state index is -0.468. The van der Waals surface area contributed by atoms with Crippen molar-refractivity contribution in [3.63, 3.8) is 0 Å². The first kappa shape index (κ1) is 17.5. The molecule has 7 nitrogen and oxygen atoms in total. The van der Waals surface area contributed by atoms with Gasteiger partial charge in [-0.1, -0.05) is 5.16 Å². The highest BCUT2D eigenvalue weighted by molar-refractivity contribution is 7.15. The summed E-state index contributed by atoms with van der Waals surface area (Å²) in [4.78, 5) is 26.1. The van der Waals surface area contributed by atoms with E-state index >= 15 is 0 Å². The molecule has 0 aliphatic heterocycles. The van der Waals surface area contributed by atoms with Crippen LogP contribution in [0.15, 0.2) is 35.1 Å². The largest absolute Gasteiger partial charge is 0.452 e. The molecule has 27 heavy (non-hydrogen) atoms. The second-order valence-corrected chi connectivity index (χ2v) is 7.51. The Morgan fingerprint density at radius 3 is 2.81 bits per heavy atom. The Morgan fingerprint density at radius 2 is 2.07 bits per heavy atom. The molecule has 140 valence electrons. The van der Waals surface area contributed by atoms with E-state index in [4.69, 9.17) is 9.26 Å². The Hall–Kier alpha value is -2.87. The molecule has 1 aliphatic carbocycles. The fourth-order valence-electron chi connectivity index (χ4n) is 3.22. The van der Waals surface area contributed by atoms with E-state index in [-0.39, 0.29) is 6.61 Å². The summed E-state index contributed by atoms with van der Waals surface area (Å²) in [7, 11) is 0. The van der Waals surface area contributed by atoms with Crippen LogP contribution in [-0.4, -0.2) is 28.2 Å². The van der Waals surface area contributed by atoms with Crippen molar-refractivity contribution >= 4 is 29.0 Å². The van der Waals surface area contributed by atoms with Crippen LogP contribution in [0.5, 0.6) is 0 Å². The Morgan fingerprint density at radius 1 is 1.30 bits per heavy atom. The summed E-state index contributed by atoms with van der Waals surface area (Å²) in [6.07, 6.45) is 7.85. The SMILES string of the molecule is Cc1cc(NC(=O)COC(=O)c2c(-n3cccc3)sc3c2CCCC3)no1. The van der Waals surface area contributed by atoms with Gasteiger partial charge in [0.2, 0.25) is 0 Å². The Bertz CT molecular complexity index is 971. The maximum atomic E-state index is 12.8. The van der Waals surface area contributed by atoms with E-state index in [1.807, 2.05) is 29.1 Å². The summed E-state index contributed by atoms with van der Waals surface area (Å²) in [5.41, 5.74) is 1.64. The lowest BCUT2D eigenvalue weighted by Crippen LogP contribution is -2.22. The van der Waals surface area contributed by atoms with E-state index in [1.54, 1.807) is 24.3 Å². The molecular formula is C19H19N3O4S. The van der Waals surface area contributed by atoms with Crippen LogP contribution in [0.3, 0.4) is 0 Å². The monoisotopic (exact) mass is 385 g/mol. The van der Waals surface area contributed by atoms with Gasteiger partial charge < -0.3 is 19.1 Å². The van der Waals surface area contributed by atoms with Crippen LogP contribution in [0.1, 0.15) is 39.4 Å². The summed E-state index contributed by atoms with van der Waals surface area (Å²) in [5, 5.41) is 7.08. The number of rotatable bonds is 5. The maximum absolute atomic E-state index is 12.8. The molecule has 0 atom stereocenters. The fourth-order valence-corrected chi connectivity index (χ4v) is 4.56. The van der Waals surface area contributed by atoms with Crippen LogP contribution >= 0.6 is 11.3 Å². The van der Waals surface area contributed by atoms with Crippen molar-refractivity contribution in [2.24, 2.45) is 0 Å². The number of fused-ring (bicyclic) bond motifs is 1. The second-order valence-electron chi connectivity index (χ2n) is 6.43. The predicted molar refractivity (Wildman–Crippen MR) is 100 cm³/mol. The predicted octanol–water partition coefficient (Wildman–Crippen LogP) is 3.51. The third-order valence-electron chi connectivity index (χ3n) is 4.43. The zero-order valence-corrected chi connectivity index (χ0v) is 15.7. The number of amides is 1. The lowest BCUT2D eigenvalue weighted by Gasteiger charge is -2.12. The minimum absolute atomic E-state index is 0.300. The van der Waals surface area contributed by atoms with Crippen LogP contribution in [0.25, 0.3) is 5.00 Å². The maximum Gasteiger partial charge on any atom is 0.341 e. The number of aromatic nitrogens is 2. The van der Waals surface area contributed by atoms with Gasteiger partial charge >= 0.3 is 5.97 Å². The minimum Gasteiger partial charge on any atom is -0.452 e. The van der Waals surface area contributed by atoms with E-state index in [1.165, 1.54) is 4.88 Å². The van der Waals surface area contributed by atoms with Crippen molar-refractivity contribution in [3.8, 4) is 5.00 Å². The summed E-state index contributed by atoms with van der Waals surface area (Å²) in [6, 6.07) is 5.43. The van der Waals surface area contributed by atoms with Gasteiger partial charge in [0.05, 0.1) is 5.56 Å². The molecule has 3 heterocycles. The highest BCUT2D eigenvalue weighted by Gasteiger charge is 2.27. The molecule has 0 unspecified atom stereocenters. The number of hydrogen-bond acceptors (Lipinski definition) is 6. The number of carbonyl (C=O) groups excluding carboxylic acids is 2. The topological polar surface area (TPSA) is 86.4 Å². The highest BCUT2D eigenvalue weighted by Crippen LogP contribution is 2.37. The van der Waals surface area contributed by atoms with Gasteiger partial charge in [0.25, 0.3) is 5.91 Å². The van der Waals surface area contributed by atoms with Gasteiger partial charge in [0, 0.05) is 23.3 Å². The average molecular weight is 385 g/mol. The summed E-state index contributed by atoms with van der Waals surface area (Å²) >= 11 is 1.63. The first-order valence-corrected chi connectivity index (χ1v) is 9.61. The van der Waals surface area contributed by atoms with E-state index in [9.17, 15) is 9.59 Å². The molecule has 0 radical (unpaired) electrons. The molecule has 0 aromatic carbocycles. The number of aryl methyl sites for hydroxylation is 2. The van der Waals surface area contributed by atoms with Gasteiger partial charge in [-0.25, -0.2) is 4.79 Å². The van der Waals surface area contributed by atoms with Gasteiger partial charge in [-0.05, 0) is 50.3 Å². The molecule has 0 bridgehead atoms. The van der Waals surface area contributed by atoms with E-state index < -0.39 is 11.9 Å². The second kappa shape index (κ2) is 7.40. The molecule has 0 saturated heterocycles. The van der Waals surface area contributed by atoms with Gasteiger partial charge in [0.15, 0.2) is 12.4 Å². The molecular weight excluding hydrogens is 366 g/mol. The highest BCUT2D eigenvalue weighted by atomic mass is 32.1. The number of thiophene rings is 1. The molecule has 0 fully saturated rings. The molecule has 3 aromatic heterocycles. The number of anilines is 1. The zero-order valence-electron chi connectivity index (χ0n) is 14.9. The number of hydrogen-bond donors (Lipinski definition) is 1. The number of carbonyl (C=O) groups is 2. The lowest BCUT2D eigenvalue weighted by atomic mass is 9.95. The number of esters is 1. The van der Waals surface area contributed by atoms with Crippen molar-refractivity contribution in [2.75, 3.05) is 11.9 Å². The van der Waals surface area contributed by atoms with E-state index in [0.29, 0.717) is 17.1 Å². The Kier molecular flexibility index (Phi) is 4.81. The van der Waals surface area contributed by atoms with Crippen LogP contribution in [0.4, 0.5) is 5.82 Å². The third kappa shape index (κ3) is 3.66. The molecule has 1 aliphatic rings. The molecule has 4 rings (SSSR count). The van der Waals surface area contributed by atoms with Gasteiger partial charge in [0.1, 0.15) is 10.8 Å². The van der Waals surface area contributed by atoms with Crippen molar-refractivity contribution < 1.29 is 18.8 Å². The Labute approximate surface area is 159 Å². The third-order valence-corrected chi connectivity index (χ3v) is 5.73. The Balaban J connectivity index is 1.51.